The molecule has 0 radical (unpaired) electrons. The smallest absolute Gasteiger partial charge is 0.0139 e. The fourth-order valence-electron chi connectivity index (χ4n) is 3.83. The van der Waals surface area contributed by atoms with Gasteiger partial charge in [0.1, 0.15) is 0 Å². The number of fused-ring (bicyclic) bond motifs is 4. The van der Waals surface area contributed by atoms with Crippen molar-refractivity contribution in [3.05, 3.63) is 0 Å². The van der Waals surface area contributed by atoms with E-state index in [0.717, 1.165) is 24.0 Å². The van der Waals surface area contributed by atoms with Gasteiger partial charge < -0.3 is 10.2 Å². The maximum atomic E-state index is 3.72. The van der Waals surface area contributed by atoms with Crippen molar-refractivity contribution in [1.29, 1.82) is 0 Å². The van der Waals surface area contributed by atoms with Gasteiger partial charge in [0.25, 0.3) is 0 Å². The molecule has 0 spiro atoms. The largest absolute Gasteiger partial charge is 0.314 e. The lowest BCUT2D eigenvalue weighted by molar-refractivity contribution is 0.0668. The molecule has 3 saturated heterocycles. The molecular formula is C11H20N2. The first-order valence-corrected chi connectivity index (χ1v) is 5.81. The third-order valence-corrected chi connectivity index (χ3v) is 4.55. The number of nitrogens with one attached hydrogen (secondary N) is 1. The Bertz CT molecular complexity index is 204. The van der Waals surface area contributed by atoms with Crippen LogP contribution in [-0.2, 0) is 0 Å². The molecule has 0 saturated carbocycles. The van der Waals surface area contributed by atoms with E-state index in [1.807, 2.05) is 0 Å². The van der Waals surface area contributed by atoms with Crippen LogP contribution in [0.3, 0.4) is 0 Å². The zero-order chi connectivity index (χ0) is 8.84. The second-order valence-electron chi connectivity index (χ2n) is 5.07. The molecule has 4 atom stereocenters. The van der Waals surface area contributed by atoms with E-state index in [4.69, 9.17) is 0 Å². The highest BCUT2D eigenvalue weighted by atomic mass is 15.2. The van der Waals surface area contributed by atoms with E-state index in [-0.39, 0.29) is 0 Å². The van der Waals surface area contributed by atoms with Crippen molar-refractivity contribution in [1.82, 2.24) is 10.2 Å². The fraction of sp³-hybridized carbons (Fsp3) is 1.00. The van der Waals surface area contributed by atoms with Gasteiger partial charge in [0.05, 0.1) is 0 Å². The molecule has 4 unspecified atom stereocenters. The molecule has 0 aliphatic carbocycles. The van der Waals surface area contributed by atoms with Gasteiger partial charge >= 0.3 is 0 Å². The van der Waals surface area contributed by atoms with Crippen LogP contribution < -0.4 is 5.32 Å². The van der Waals surface area contributed by atoms with E-state index < -0.39 is 0 Å². The van der Waals surface area contributed by atoms with E-state index >= 15 is 0 Å². The second kappa shape index (κ2) is 2.96. The molecule has 3 aliphatic rings. The first-order valence-electron chi connectivity index (χ1n) is 5.81. The maximum absolute atomic E-state index is 3.72. The molecule has 0 amide bonds. The van der Waals surface area contributed by atoms with Gasteiger partial charge in [-0.15, -0.1) is 0 Å². The monoisotopic (exact) mass is 180 g/mol. The summed E-state index contributed by atoms with van der Waals surface area (Å²) < 4.78 is 0. The number of piperidine rings is 2. The second-order valence-corrected chi connectivity index (χ2v) is 5.07. The molecule has 3 aliphatic heterocycles. The third-order valence-electron chi connectivity index (χ3n) is 4.55. The Hall–Kier alpha value is -0.0800. The minimum absolute atomic E-state index is 0.863. The van der Waals surface area contributed by atoms with Gasteiger partial charge in [0, 0.05) is 18.1 Å². The summed E-state index contributed by atoms with van der Waals surface area (Å²) in [6, 6.07) is 2.68. The Morgan fingerprint density at radius 2 is 2.15 bits per heavy atom. The predicted molar refractivity (Wildman–Crippen MR) is 53.7 cm³/mol. The van der Waals surface area contributed by atoms with E-state index in [9.17, 15) is 0 Å². The van der Waals surface area contributed by atoms with Crippen LogP contribution in [0.5, 0.6) is 0 Å². The quantitative estimate of drug-likeness (QED) is 0.603. The lowest BCUT2D eigenvalue weighted by atomic mass is 9.80. The Morgan fingerprint density at radius 3 is 3.08 bits per heavy atom. The summed E-state index contributed by atoms with van der Waals surface area (Å²) >= 11 is 0. The number of nitrogens with zero attached hydrogens (tertiary/aromatic N) is 1. The van der Waals surface area contributed by atoms with Crippen molar-refractivity contribution in [2.24, 2.45) is 5.92 Å². The maximum Gasteiger partial charge on any atom is 0.0139 e. The van der Waals surface area contributed by atoms with Crippen molar-refractivity contribution >= 4 is 0 Å². The first-order chi connectivity index (χ1) is 6.36. The van der Waals surface area contributed by atoms with Crippen LogP contribution in [0.15, 0.2) is 0 Å². The van der Waals surface area contributed by atoms with Crippen LogP contribution in [0, 0.1) is 5.92 Å². The van der Waals surface area contributed by atoms with E-state index in [1.165, 1.54) is 38.6 Å². The molecule has 3 fully saturated rings. The van der Waals surface area contributed by atoms with Gasteiger partial charge in [0.15, 0.2) is 0 Å². The molecule has 3 heterocycles. The molecular weight excluding hydrogens is 160 g/mol. The average Bonchev–Trinajstić information content (AvgIpc) is 2.43. The van der Waals surface area contributed by atoms with Gasteiger partial charge in [0.2, 0.25) is 0 Å². The van der Waals surface area contributed by atoms with Crippen molar-refractivity contribution in [2.45, 2.75) is 50.2 Å². The molecule has 2 heteroatoms. The summed E-state index contributed by atoms with van der Waals surface area (Å²) in [5.41, 5.74) is 0. The topological polar surface area (TPSA) is 15.3 Å². The van der Waals surface area contributed by atoms with E-state index in [2.05, 4.69) is 17.3 Å². The van der Waals surface area contributed by atoms with Crippen molar-refractivity contribution in [2.75, 3.05) is 13.6 Å². The Balaban J connectivity index is 1.83. The van der Waals surface area contributed by atoms with Crippen LogP contribution in [0.2, 0.25) is 0 Å². The summed E-state index contributed by atoms with van der Waals surface area (Å²) in [6.07, 6.45) is 7.20. The van der Waals surface area contributed by atoms with Crippen molar-refractivity contribution in [3.8, 4) is 0 Å². The van der Waals surface area contributed by atoms with Crippen molar-refractivity contribution in [3.63, 3.8) is 0 Å². The predicted octanol–water partition coefficient (Wildman–Crippen LogP) is 1.22. The lowest BCUT2D eigenvalue weighted by Gasteiger charge is -2.45. The van der Waals surface area contributed by atoms with Gasteiger partial charge in [-0.25, -0.2) is 0 Å². The molecule has 0 aromatic heterocycles. The van der Waals surface area contributed by atoms with Gasteiger partial charge in [-0.1, -0.05) is 0 Å². The zero-order valence-electron chi connectivity index (χ0n) is 8.50. The van der Waals surface area contributed by atoms with Crippen LogP contribution in [0.25, 0.3) is 0 Å². The SMILES string of the molecule is CN1C2CCC1C1CCCNC1C2. The van der Waals surface area contributed by atoms with E-state index in [1.54, 1.807) is 0 Å². The van der Waals surface area contributed by atoms with Crippen molar-refractivity contribution < 1.29 is 0 Å². The minimum atomic E-state index is 0.863. The molecule has 0 aromatic carbocycles. The Morgan fingerprint density at radius 1 is 1.23 bits per heavy atom. The highest BCUT2D eigenvalue weighted by Gasteiger charge is 2.45. The molecule has 1 N–H and O–H groups in total. The van der Waals surface area contributed by atoms with Crippen LogP contribution >= 0.6 is 0 Å². The van der Waals surface area contributed by atoms with Gasteiger partial charge in [-0.3, -0.25) is 0 Å². The van der Waals surface area contributed by atoms with Crippen LogP contribution in [-0.4, -0.2) is 36.6 Å². The van der Waals surface area contributed by atoms with Gasteiger partial charge in [-0.05, 0) is 51.6 Å². The van der Waals surface area contributed by atoms with Gasteiger partial charge in [-0.2, -0.15) is 0 Å². The summed E-state index contributed by atoms with van der Waals surface area (Å²) in [5.74, 6) is 0.970. The Labute approximate surface area is 80.7 Å². The zero-order valence-corrected chi connectivity index (χ0v) is 8.50. The van der Waals surface area contributed by atoms with E-state index in [0.29, 0.717) is 0 Å². The summed E-state index contributed by atoms with van der Waals surface area (Å²) in [4.78, 5) is 2.66. The first kappa shape index (κ1) is 8.25. The van der Waals surface area contributed by atoms with Crippen LogP contribution in [0.4, 0.5) is 0 Å². The van der Waals surface area contributed by atoms with Crippen LogP contribution in [0.1, 0.15) is 32.1 Å². The normalized spacial score (nSPS) is 50.5. The Kier molecular flexibility index (Phi) is 1.88. The highest BCUT2D eigenvalue weighted by molar-refractivity contribution is 5.02. The average molecular weight is 180 g/mol. The summed E-state index contributed by atoms with van der Waals surface area (Å²) in [5, 5.41) is 3.72. The standard InChI is InChI=1S/C11H20N2/c1-13-8-4-5-11(13)9-3-2-6-12-10(9)7-8/h8-12H,2-7H2,1H3. The molecule has 3 rings (SSSR count). The summed E-state index contributed by atoms with van der Waals surface area (Å²) in [6.45, 7) is 1.27. The molecule has 74 valence electrons. The minimum Gasteiger partial charge on any atom is -0.314 e. The fourth-order valence-corrected chi connectivity index (χ4v) is 3.83. The molecule has 2 bridgehead atoms. The molecule has 2 nitrogen and oxygen atoms in total. The number of hydrogen-bond acceptors (Lipinski definition) is 2. The molecule has 13 heavy (non-hydrogen) atoms. The highest BCUT2D eigenvalue weighted by Crippen LogP contribution is 2.41. The number of rotatable bonds is 0. The molecule has 0 aromatic rings. The third kappa shape index (κ3) is 1.15. The lowest BCUT2D eigenvalue weighted by Crippen LogP contribution is -2.56. The number of hydrogen-bond donors (Lipinski definition) is 1. The summed E-state index contributed by atoms with van der Waals surface area (Å²) in [7, 11) is 2.34.